The lowest BCUT2D eigenvalue weighted by Gasteiger charge is -2.09. The molecule has 7 heteroatoms. The molecule has 7 nitrogen and oxygen atoms in total. The molecule has 0 atom stereocenters. The Morgan fingerprint density at radius 3 is 2.00 bits per heavy atom. The molecule has 0 saturated heterocycles. The molecule has 0 amide bonds. The van der Waals surface area contributed by atoms with Crippen LogP contribution in [0.5, 0.6) is 0 Å². The van der Waals surface area contributed by atoms with E-state index in [2.05, 4.69) is 0 Å². The van der Waals surface area contributed by atoms with Crippen LogP contribution in [0.2, 0.25) is 0 Å². The molecule has 20 heavy (non-hydrogen) atoms. The van der Waals surface area contributed by atoms with Gasteiger partial charge in [-0.3, -0.25) is 4.79 Å². The molecule has 0 aromatic rings. The summed E-state index contributed by atoms with van der Waals surface area (Å²) in [4.78, 5) is 33.7. The highest BCUT2D eigenvalue weighted by Crippen LogP contribution is 2.15. The van der Waals surface area contributed by atoms with Gasteiger partial charge in [-0.1, -0.05) is 6.92 Å². The maximum Gasteiger partial charge on any atom is 0.332 e. The molecular formula is C13H20O7. The molecule has 0 aliphatic heterocycles. The van der Waals surface area contributed by atoms with Gasteiger partial charge in [-0.25, -0.2) is 9.59 Å². The number of aliphatic carboxylic acids is 2. The lowest BCUT2D eigenvalue weighted by Crippen LogP contribution is -2.17. The second-order valence-electron chi connectivity index (χ2n) is 3.91. The van der Waals surface area contributed by atoms with Crippen molar-refractivity contribution in [1.29, 1.82) is 0 Å². The molecule has 0 saturated carbocycles. The summed E-state index contributed by atoms with van der Waals surface area (Å²) in [6.07, 6.45) is -0.0387. The SMILES string of the molecule is CCCOC(=O)C/C(C(=O)O)=C(/CCOCC)C(=O)O. The fourth-order valence-corrected chi connectivity index (χ4v) is 1.43. The Balaban J connectivity index is 5.02. The van der Waals surface area contributed by atoms with E-state index < -0.39 is 29.9 Å². The lowest BCUT2D eigenvalue weighted by molar-refractivity contribution is -0.145. The number of carbonyl (C=O) groups is 3. The third-order valence-corrected chi connectivity index (χ3v) is 2.37. The summed E-state index contributed by atoms with van der Waals surface area (Å²) in [7, 11) is 0. The van der Waals surface area contributed by atoms with Crippen LogP contribution in [0, 0.1) is 0 Å². The van der Waals surface area contributed by atoms with Crippen LogP contribution in [0.25, 0.3) is 0 Å². The van der Waals surface area contributed by atoms with Gasteiger partial charge in [-0.15, -0.1) is 0 Å². The zero-order valence-corrected chi connectivity index (χ0v) is 11.7. The van der Waals surface area contributed by atoms with Crippen molar-refractivity contribution in [3.05, 3.63) is 11.1 Å². The number of hydrogen-bond acceptors (Lipinski definition) is 5. The number of ether oxygens (including phenoxy) is 2. The third kappa shape index (κ3) is 6.89. The minimum atomic E-state index is -1.44. The number of esters is 1. The van der Waals surface area contributed by atoms with Crippen molar-refractivity contribution >= 4 is 17.9 Å². The summed E-state index contributed by atoms with van der Waals surface area (Å²) in [5.74, 6) is -3.56. The van der Waals surface area contributed by atoms with Gasteiger partial charge in [0.1, 0.15) is 0 Å². The minimum Gasteiger partial charge on any atom is -0.478 e. The molecule has 0 bridgehead atoms. The standard InChI is InChI=1S/C13H20O7/c1-3-6-20-11(14)8-10(13(17)18)9(12(15)16)5-7-19-4-2/h3-8H2,1-2H3,(H,15,16)(H,17,18)/b10-9+. The van der Waals surface area contributed by atoms with Crippen LogP contribution < -0.4 is 0 Å². The molecule has 0 spiro atoms. The summed E-state index contributed by atoms with van der Waals surface area (Å²) in [5, 5.41) is 18.1. The van der Waals surface area contributed by atoms with Gasteiger partial charge in [-0.2, -0.15) is 0 Å². The maximum atomic E-state index is 11.4. The Bertz CT molecular complexity index is 384. The van der Waals surface area contributed by atoms with E-state index >= 15 is 0 Å². The van der Waals surface area contributed by atoms with Gasteiger partial charge in [0.25, 0.3) is 0 Å². The van der Waals surface area contributed by atoms with E-state index in [0.717, 1.165) is 0 Å². The van der Waals surface area contributed by atoms with Crippen LogP contribution in [0.3, 0.4) is 0 Å². The van der Waals surface area contributed by atoms with E-state index in [9.17, 15) is 14.4 Å². The number of rotatable bonds is 10. The second-order valence-corrected chi connectivity index (χ2v) is 3.91. The predicted molar refractivity (Wildman–Crippen MR) is 69.3 cm³/mol. The fourth-order valence-electron chi connectivity index (χ4n) is 1.43. The van der Waals surface area contributed by atoms with E-state index in [1.807, 2.05) is 0 Å². The first-order chi connectivity index (χ1) is 9.43. The second kappa shape index (κ2) is 9.96. The van der Waals surface area contributed by atoms with E-state index in [1.54, 1.807) is 13.8 Å². The van der Waals surface area contributed by atoms with Crippen molar-refractivity contribution in [2.24, 2.45) is 0 Å². The van der Waals surface area contributed by atoms with Crippen molar-refractivity contribution in [2.45, 2.75) is 33.1 Å². The average molecular weight is 288 g/mol. The van der Waals surface area contributed by atoms with Gasteiger partial charge in [-0.05, 0) is 13.3 Å². The van der Waals surface area contributed by atoms with Gasteiger partial charge in [0.15, 0.2) is 0 Å². The van der Waals surface area contributed by atoms with Crippen molar-refractivity contribution in [3.63, 3.8) is 0 Å². The van der Waals surface area contributed by atoms with Crippen molar-refractivity contribution < 1.29 is 34.1 Å². The van der Waals surface area contributed by atoms with Crippen molar-refractivity contribution in [1.82, 2.24) is 0 Å². The first kappa shape index (κ1) is 18.1. The van der Waals surface area contributed by atoms with Gasteiger partial charge < -0.3 is 19.7 Å². The summed E-state index contributed by atoms with van der Waals surface area (Å²) >= 11 is 0. The summed E-state index contributed by atoms with van der Waals surface area (Å²) < 4.78 is 9.77. The number of hydrogen-bond donors (Lipinski definition) is 2. The molecule has 2 N–H and O–H groups in total. The van der Waals surface area contributed by atoms with Gasteiger partial charge in [0.05, 0.1) is 30.8 Å². The fraction of sp³-hybridized carbons (Fsp3) is 0.615. The molecule has 0 heterocycles. The van der Waals surface area contributed by atoms with E-state index in [1.165, 1.54) is 0 Å². The highest BCUT2D eigenvalue weighted by Gasteiger charge is 2.23. The molecular weight excluding hydrogens is 268 g/mol. The zero-order valence-electron chi connectivity index (χ0n) is 11.7. The van der Waals surface area contributed by atoms with E-state index in [-0.39, 0.29) is 25.2 Å². The van der Waals surface area contributed by atoms with Gasteiger partial charge >= 0.3 is 17.9 Å². The van der Waals surface area contributed by atoms with Crippen LogP contribution in [0.4, 0.5) is 0 Å². The molecule has 0 fully saturated rings. The quantitative estimate of drug-likeness (QED) is 0.353. The number of carboxylic acids is 2. The van der Waals surface area contributed by atoms with Crippen LogP contribution >= 0.6 is 0 Å². The minimum absolute atomic E-state index is 0.0775. The van der Waals surface area contributed by atoms with Crippen molar-refractivity contribution in [2.75, 3.05) is 19.8 Å². The number of carboxylic acid groups (broad SMARTS) is 2. The third-order valence-electron chi connectivity index (χ3n) is 2.37. The Labute approximate surface area is 117 Å². The van der Waals surface area contributed by atoms with Gasteiger partial charge in [0, 0.05) is 13.0 Å². The van der Waals surface area contributed by atoms with Crippen LogP contribution in [0.15, 0.2) is 11.1 Å². The first-order valence-corrected chi connectivity index (χ1v) is 6.35. The predicted octanol–water partition coefficient (Wildman–Crippen LogP) is 1.22. The Morgan fingerprint density at radius 2 is 1.55 bits per heavy atom. The Hall–Kier alpha value is -1.89. The van der Waals surface area contributed by atoms with E-state index in [0.29, 0.717) is 13.0 Å². The molecule has 0 radical (unpaired) electrons. The molecule has 0 aromatic carbocycles. The van der Waals surface area contributed by atoms with Crippen LogP contribution in [0.1, 0.15) is 33.1 Å². The molecule has 0 rings (SSSR count). The summed E-state index contributed by atoms with van der Waals surface area (Å²) in [5.41, 5.74) is -0.794. The monoisotopic (exact) mass is 288 g/mol. The Morgan fingerprint density at radius 1 is 0.950 bits per heavy atom. The molecule has 0 aliphatic rings. The van der Waals surface area contributed by atoms with Gasteiger partial charge in [0.2, 0.25) is 0 Å². The van der Waals surface area contributed by atoms with Crippen molar-refractivity contribution in [3.8, 4) is 0 Å². The highest BCUT2D eigenvalue weighted by molar-refractivity contribution is 6.01. The topological polar surface area (TPSA) is 110 Å². The maximum absolute atomic E-state index is 11.4. The van der Waals surface area contributed by atoms with E-state index in [4.69, 9.17) is 19.7 Å². The van der Waals surface area contributed by atoms with Crippen LogP contribution in [-0.2, 0) is 23.9 Å². The first-order valence-electron chi connectivity index (χ1n) is 6.35. The Kier molecular flexibility index (Phi) is 9.02. The van der Waals surface area contributed by atoms with Crippen LogP contribution in [-0.4, -0.2) is 47.9 Å². The molecule has 0 unspecified atom stereocenters. The molecule has 114 valence electrons. The lowest BCUT2D eigenvalue weighted by atomic mass is 10.0. The average Bonchev–Trinajstić information content (AvgIpc) is 2.38. The molecule has 0 aromatic heterocycles. The highest BCUT2D eigenvalue weighted by atomic mass is 16.5. The summed E-state index contributed by atoms with van der Waals surface area (Å²) in [6, 6.07) is 0. The number of carbonyl (C=O) groups excluding carboxylic acids is 1. The zero-order chi connectivity index (χ0) is 15.5. The largest absolute Gasteiger partial charge is 0.478 e. The smallest absolute Gasteiger partial charge is 0.332 e. The summed E-state index contributed by atoms with van der Waals surface area (Å²) in [6.45, 7) is 4.19. The normalized spacial score (nSPS) is 11.7. The molecule has 0 aliphatic carbocycles.